The van der Waals surface area contributed by atoms with Crippen LogP contribution in [0.1, 0.15) is 31.9 Å². The molecule has 15 heteroatoms. The number of rotatable bonds is 12. The standard InChI is InChI=1S/C29H31Cl3N4O7S/c1-17(2)33-29(38)19(4)34(15-20-7-8-21(30)12-24(20)32)28(37)16-35(26-13-22(31)9-11-27(26)43-5)44(41,42)23-10-6-18(3)25(14-23)36(39)40/h6-14,17,19H,15-16H2,1-5H3,(H,33,38)/t19-/m1/s1. The van der Waals surface area contributed by atoms with Crippen molar-refractivity contribution in [1.82, 2.24) is 10.2 Å². The van der Waals surface area contributed by atoms with Crippen LogP contribution in [-0.4, -0.2) is 55.8 Å². The minimum absolute atomic E-state index is 0.0604. The van der Waals surface area contributed by atoms with Gasteiger partial charge in [-0.1, -0.05) is 46.9 Å². The number of amides is 2. The number of hydrogen-bond donors (Lipinski definition) is 1. The molecule has 0 fully saturated rings. The smallest absolute Gasteiger partial charge is 0.273 e. The molecule has 3 aromatic rings. The highest BCUT2D eigenvalue weighted by Crippen LogP contribution is 2.36. The quantitative estimate of drug-likeness (QED) is 0.182. The van der Waals surface area contributed by atoms with Crippen LogP contribution < -0.4 is 14.4 Å². The van der Waals surface area contributed by atoms with E-state index in [2.05, 4.69) is 5.32 Å². The summed E-state index contributed by atoms with van der Waals surface area (Å²) in [6.45, 7) is 5.49. The van der Waals surface area contributed by atoms with Crippen molar-refractivity contribution in [2.24, 2.45) is 0 Å². The van der Waals surface area contributed by atoms with Gasteiger partial charge in [-0.3, -0.25) is 24.0 Å². The summed E-state index contributed by atoms with van der Waals surface area (Å²) in [6.07, 6.45) is 0. The topological polar surface area (TPSA) is 139 Å². The summed E-state index contributed by atoms with van der Waals surface area (Å²) in [5.74, 6) is -1.21. The predicted octanol–water partition coefficient (Wildman–Crippen LogP) is 6.01. The molecule has 11 nitrogen and oxygen atoms in total. The summed E-state index contributed by atoms with van der Waals surface area (Å²) in [5.41, 5.74) is 0.180. The third kappa shape index (κ3) is 8.12. The number of ether oxygens (including phenoxy) is 1. The third-order valence-corrected chi connectivity index (χ3v) is 9.19. The fourth-order valence-electron chi connectivity index (χ4n) is 4.27. The van der Waals surface area contributed by atoms with Crippen LogP contribution in [0.3, 0.4) is 0 Å². The second-order valence-corrected chi connectivity index (χ2v) is 13.3. The molecule has 0 bridgehead atoms. The Bertz CT molecular complexity index is 1690. The first kappa shape index (κ1) is 34.9. The van der Waals surface area contributed by atoms with Crippen LogP contribution >= 0.6 is 34.8 Å². The van der Waals surface area contributed by atoms with Crippen molar-refractivity contribution in [3.8, 4) is 5.75 Å². The Morgan fingerprint density at radius 1 is 1.00 bits per heavy atom. The Hall–Kier alpha value is -3.58. The van der Waals surface area contributed by atoms with E-state index in [9.17, 15) is 28.1 Å². The molecule has 1 N–H and O–H groups in total. The van der Waals surface area contributed by atoms with Gasteiger partial charge in [-0.05, 0) is 69.7 Å². The molecule has 0 saturated carbocycles. The van der Waals surface area contributed by atoms with Crippen LogP contribution in [0.5, 0.6) is 5.75 Å². The molecular weight excluding hydrogens is 655 g/mol. The molecule has 44 heavy (non-hydrogen) atoms. The van der Waals surface area contributed by atoms with Crippen molar-refractivity contribution in [1.29, 1.82) is 0 Å². The van der Waals surface area contributed by atoms with Gasteiger partial charge in [-0.2, -0.15) is 0 Å². The maximum absolute atomic E-state index is 14.2. The van der Waals surface area contributed by atoms with Crippen LogP contribution in [0.2, 0.25) is 15.1 Å². The Morgan fingerprint density at radius 2 is 1.64 bits per heavy atom. The monoisotopic (exact) mass is 684 g/mol. The Labute approximate surface area is 270 Å². The third-order valence-electron chi connectivity index (χ3n) is 6.61. The zero-order chi connectivity index (χ0) is 32.9. The van der Waals surface area contributed by atoms with E-state index in [0.29, 0.717) is 10.6 Å². The van der Waals surface area contributed by atoms with Crippen LogP contribution in [0.4, 0.5) is 11.4 Å². The number of carbonyl (C=O) groups is 2. The number of nitro groups is 1. The zero-order valence-corrected chi connectivity index (χ0v) is 27.6. The number of carbonyl (C=O) groups excluding carboxylic acids is 2. The number of benzene rings is 3. The minimum Gasteiger partial charge on any atom is -0.495 e. The van der Waals surface area contributed by atoms with Gasteiger partial charge in [0.25, 0.3) is 15.7 Å². The first-order valence-electron chi connectivity index (χ1n) is 13.2. The largest absolute Gasteiger partial charge is 0.495 e. The van der Waals surface area contributed by atoms with Gasteiger partial charge in [0, 0.05) is 39.3 Å². The van der Waals surface area contributed by atoms with E-state index in [1.54, 1.807) is 26.0 Å². The zero-order valence-electron chi connectivity index (χ0n) is 24.5. The average molecular weight is 686 g/mol. The summed E-state index contributed by atoms with van der Waals surface area (Å²) < 4.78 is 34.5. The van der Waals surface area contributed by atoms with Gasteiger partial charge in [-0.25, -0.2) is 8.42 Å². The molecule has 0 aliphatic rings. The molecule has 0 aliphatic carbocycles. The summed E-state index contributed by atoms with van der Waals surface area (Å²) in [6, 6.07) is 11.0. The van der Waals surface area contributed by atoms with E-state index >= 15 is 0 Å². The van der Waals surface area contributed by atoms with Crippen molar-refractivity contribution in [3.05, 3.63) is 90.9 Å². The lowest BCUT2D eigenvalue weighted by Gasteiger charge is -2.33. The number of nitrogens with zero attached hydrogens (tertiary/aromatic N) is 3. The van der Waals surface area contributed by atoms with E-state index in [-0.39, 0.29) is 39.6 Å². The SMILES string of the molecule is COc1ccc(Cl)cc1N(CC(=O)N(Cc1ccc(Cl)cc1Cl)[C@H](C)C(=O)NC(C)C)S(=O)(=O)c1ccc(C)c([N+](=O)[O-])c1. The lowest BCUT2D eigenvalue weighted by atomic mass is 10.1. The van der Waals surface area contributed by atoms with Crippen molar-refractivity contribution in [2.75, 3.05) is 18.0 Å². The fourth-order valence-corrected chi connectivity index (χ4v) is 6.34. The van der Waals surface area contributed by atoms with E-state index in [1.807, 2.05) is 0 Å². The molecule has 0 saturated heterocycles. The highest BCUT2D eigenvalue weighted by molar-refractivity contribution is 7.92. The number of hydrogen-bond acceptors (Lipinski definition) is 7. The van der Waals surface area contributed by atoms with Crippen LogP contribution in [0, 0.1) is 17.0 Å². The average Bonchev–Trinajstić information content (AvgIpc) is 2.94. The van der Waals surface area contributed by atoms with Gasteiger partial charge in [0.2, 0.25) is 11.8 Å². The number of nitrogens with one attached hydrogen (secondary N) is 1. The molecule has 2 amide bonds. The van der Waals surface area contributed by atoms with Crippen molar-refractivity contribution >= 4 is 68.0 Å². The van der Waals surface area contributed by atoms with E-state index < -0.39 is 49.9 Å². The maximum Gasteiger partial charge on any atom is 0.273 e. The van der Waals surface area contributed by atoms with Gasteiger partial charge < -0.3 is 15.0 Å². The van der Waals surface area contributed by atoms with Crippen molar-refractivity contribution in [3.63, 3.8) is 0 Å². The minimum atomic E-state index is -4.66. The highest BCUT2D eigenvalue weighted by Gasteiger charge is 2.35. The first-order chi connectivity index (χ1) is 20.6. The first-order valence-corrected chi connectivity index (χ1v) is 15.8. The van der Waals surface area contributed by atoms with Crippen LogP contribution in [-0.2, 0) is 26.2 Å². The van der Waals surface area contributed by atoms with Gasteiger partial charge in [0.15, 0.2) is 0 Å². The van der Waals surface area contributed by atoms with Crippen LogP contribution in [0.15, 0.2) is 59.5 Å². The van der Waals surface area contributed by atoms with Crippen LogP contribution in [0.25, 0.3) is 0 Å². The van der Waals surface area contributed by atoms with E-state index in [0.717, 1.165) is 10.4 Å². The molecule has 0 radical (unpaired) electrons. The Morgan fingerprint density at radius 3 is 2.23 bits per heavy atom. The summed E-state index contributed by atoms with van der Waals surface area (Å²) in [7, 11) is -3.35. The lowest BCUT2D eigenvalue weighted by Crippen LogP contribution is -2.52. The second kappa shape index (κ2) is 14.5. The van der Waals surface area contributed by atoms with E-state index in [4.69, 9.17) is 39.5 Å². The molecule has 3 aromatic carbocycles. The molecule has 0 aromatic heterocycles. The number of anilines is 1. The lowest BCUT2D eigenvalue weighted by molar-refractivity contribution is -0.385. The summed E-state index contributed by atoms with van der Waals surface area (Å²) in [5, 5.41) is 15.1. The normalized spacial score (nSPS) is 12.0. The number of sulfonamides is 1. The Kier molecular flexibility index (Phi) is 11.5. The number of halogens is 3. The molecule has 0 aliphatic heterocycles. The van der Waals surface area contributed by atoms with Gasteiger partial charge in [0.05, 0.1) is 22.6 Å². The van der Waals surface area contributed by atoms with Gasteiger partial charge in [-0.15, -0.1) is 0 Å². The number of nitro benzene ring substituents is 1. The predicted molar refractivity (Wildman–Crippen MR) is 170 cm³/mol. The highest BCUT2D eigenvalue weighted by atomic mass is 35.5. The fraction of sp³-hybridized carbons (Fsp3) is 0.310. The Balaban J connectivity index is 2.18. The summed E-state index contributed by atoms with van der Waals surface area (Å²) >= 11 is 18.7. The molecule has 0 spiro atoms. The molecule has 0 heterocycles. The number of aryl methyl sites for hydroxylation is 1. The molecule has 3 rings (SSSR count). The number of methoxy groups -OCH3 is 1. The second-order valence-electron chi connectivity index (χ2n) is 10.1. The molecule has 1 atom stereocenters. The van der Waals surface area contributed by atoms with E-state index in [1.165, 1.54) is 62.3 Å². The van der Waals surface area contributed by atoms with Gasteiger partial charge >= 0.3 is 0 Å². The molecular formula is C29H31Cl3N4O7S. The molecule has 236 valence electrons. The van der Waals surface area contributed by atoms with Crippen molar-refractivity contribution in [2.45, 2.75) is 51.2 Å². The maximum atomic E-state index is 14.2. The van der Waals surface area contributed by atoms with Gasteiger partial charge in [0.1, 0.15) is 18.3 Å². The summed E-state index contributed by atoms with van der Waals surface area (Å²) in [4.78, 5) is 38.9. The molecule has 0 unspecified atom stereocenters. The van der Waals surface area contributed by atoms with Crippen molar-refractivity contribution < 1.29 is 27.7 Å².